The molecule has 1 aliphatic rings. The minimum Gasteiger partial charge on any atom is -0.455 e. The van der Waals surface area contributed by atoms with Gasteiger partial charge in [-0.25, -0.2) is 13.6 Å². The molecule has 0 spiro atoms. The van der Waals surface area contributed by atoms with E-state index < -0.39 is 10.0 Å². The molecule has 1 fully saturated rings. The zero-order chi connectivity index (χ0) is 25.1. The van der Waals surface area contributed by atoms with Crippen LogP contribution in [0.4, 0.5) is 0 Å². The fourth-order valence-electron chi connectivity index (χ4n) is 3.84. The standard InChI is InChI=1S/C23H23N5O5S2/c1-11-8-25-9-12(2)20(11)33-17-7-18(35(24,31)32)34-21(17)15-10-28(3)23(30)19-14(15)6-16(27-19)22(29)26-13-4-5-13/h6-10,13,27H,4-5H2,1-3H3,(H,26,29)(H2,24,31,32). The van der Waals surface area contributed by atoms with Gasteiger partial charge in [0.1, 0.15) is 26.9 Å². The number of ether oxygens (including phenoxy) is 1. The molecule has 12 heteroatoms. The number of primary sulfonamides is 1. The zero-order valence-corrected chi connectivity index (χ0v) is 20.8. The van der Waals surface area contributed by atoms with E-state index >= 15 is 0 Å². The second-order valence-electron chi connectivity index (χ2n) is 8.69. The first-order valence-electron chi connectivity index (χ1n) is 10.8. The summed E-state index contributed by atoms with van der Waals surface area (Å²) in [5.41, 5.74) is 2.24. The summed E-state index contributed by atoms with van der Waals surface area (Å²) in [5.74, 6) is 0.508. The van der Waals surface area contributed by atoms with Crippen LogP contribution < -0.4 is 20.8 Å². The highest BCUT2D eigenvalue weighted by atomic mass is 32.2. The van der Waals surface area contributed by atoms with Crippen molar-refractivity contribution in [2.75, 3.05) is 0 Å². The quantitative estimate of drug-likeness (QED) is 0.361. The summed E-state index contributed by atoms with van der Waals surface area (Å²) in [6.07, 6.45) is 6.75. The van der Waals surface area contributed by atoms with Crippen LogP contribution in [-0.4, -0.2) is 34.9 Å². The molecule has 35 heavy (non-hydrogen) atoms. The van der Waals surface area contributed by atoms with Gasteiger partial charge in [-0.2, -0.15) is 0 Å². The molecule has 1 amide bonds. The molecular weight excluding hydrogens is 490 g/mol. The third-order valence-corrected chi connectivity index (χ3v) is 8.36. The number of nitrogens with zero attached hydrogens (tertiary/aromatic N) is 2. The summed E-state index contributed by atoms with van der Waals surface area (Å²) in [6.45, 7) is 3.67. The molecule has 0 bridgehead atoms. The molecule has 0 aromatic carbocycles. The van der Waals surface area contributed by atoms with Gasteiger partial charge in [-0.1, -0.05) is 0 Å². The van der Waals surface area contributed by atoms with Crippen molar-refractivity contribution >= 4 is 38.2 Å². The van der Waals surface area contributed by atoms with Gasteiger partial charge in [-0.05, 0) is 32.8 Å². The predicted molar refractivity (Wildman–Crippen MR) is 132 cm³/mol. The molecule has 0 radical (unpaired) electrons. The fourth-order valence-corrected chi connectivity index (χ4v) is 5.67. The number of carbonyl (C=O) groups excluding carboxylic acids is 1. The Morgan fingerprint density at radius 2 is 1.94 bits per heavy atom. The number of rotatable bonds is 6. The van der Waals surface area contributed by atoms with Gasteiger partial charge < -0.3 is 19.6 Å². The third-order valence-electron chi connectivity index (χ3n) is 5.79. The molecule has 4 aromatic heterocycles. The Hall–Kier alpha value is -3.48. The number of nitrogens with two attached hydrogens (primary N) is 1. The van der Waals surface area contributed by atoms with E-state index in [1.54, 1.807) is 31.7 Å². The van der Waals surface area contributed by atoms with E-state index in [9.17, 15) is 18.0 Å². The van der Waals surface area contributed by atoms with Crippen LogP contribution in [0.15, 0.2) is 39.7 Å². The smallest absolute Gasteiger partial charge is 0.274 e. The lowest BCUT2D eigenvalue weighted by Gasteiger charge is -2.12. The average molecular weight is 514 g/mol. The lowest BCUT2D eigenvalue weighted by molar-refractivity contribution is 0.0947. The lowest BCUT2D eigenvalue weighted by Crippen LogP contribution is -2.25. The number of amides is 1. The van der Waals surface area contributed by atoms with Gasteiger partial charge in [-0.3, -0.25) is 14.6 Å². The van der Waals surface area contributed by atoms with E-state index in [0.29, 0.717) is 21.6 Å². The fraction of sp³-hybridized carbons (Fsp3) is 0.261. The van der Waals surface area contributed by atoms with Crippen LogP contribution in [0, 0.1) is 13.8 Å². The number of aromatic amines is 1. The van der Waals surface area contributed by atoms with Crippen LogP contribution >= 0.6 is 11.3 Å². The van der Waals surface area contributed by atoms with Gasteiger partial charge in [0.15, 0.2) is 0 Å². The molecule has 10 nitrogen and oxygen atoms in total. The first-order chi connectivity index (χ1) is 16.5. The van der Waals surface area contributed by atoms with Crippen LogP contribution in [0.5, 0.6) is 11.5 Å². The second-order valence-corrected chi connectivity index (χ2v) is 11.5. The molecule has 182 valence electrons. The van der Waals surface area contributed by atoms with Crippen molar-refractivity contribution in [2.24, 2.45) is 12.2 Å². The Kier molecular flexibility index (Phi) is 5.54. The molecular formula is C23H23N5O5S2. The van der Waals surface area contributed by atoms with Crippen LogP contribution in [0.3, 0.4) is 0 Å². The number of sulfonamides is 1. The molecule has 1 aliphatic carbocycles. The maximum atomic E-state index is 12.9. The number of fused-ring (bicyclic) bond motifs is 1. The Balaban J connectivity index is 1.71. The highest BCUT2D eigenvalue weighted by Gasteiger charge is 2.27. The number of carbonyl (C=O) groups is 1. The van der Waals surface area contributed by atoms with Crippen molar-refractivity contribution in [3.8, 4) is 21.9 Å². The molecule has 0 saturated heterocycles. The van der Waals surface area contributed by atoms with Gasteiger partial charge in [0, 0.05) is 59.8 Å². The maximum Gasteiger partial charge on any atom is 0.274 e. The number of aromatic nitrogens is 3. The normalized spacial score (nSPS) is 13.8. The van der Waals surface area contributed by atoms with Gasteiger partial charge in [0.05, 0.1) is 4.88 Å². The second kappa shape index (κ2) is 8.33. The Morgan fingerprint density at radius 1 is 1.26 bits per heavy atom. The van der Waals surface area contributed by atoms with Crippen molar-refractivity contribution in [1.29, 1.82) is 0 Å². The number of hydrogen-bond acceptors (Lipinski definition) is 7. The maximum absolute atomic E-state index is 12.9. The Labute approximate surface area is 204 Å². The number of nitrogens with one attached hydrogen (secondary N) is 2. The summed E-state index contributed by atoms with van der Waals surface area (Å²) < 4.78 is 31.9. The summed E-state index contributed by atoms with van der Waals surface area (Å²) in [5, 5.41) is 8.81. The number of aryl methyl sites for hydroxylation is 3. The number of pyridine rings is 2. The first kappa shape index (κ1) is 23.3. The van der Waals surface area contributed by atoms with Crippen molar-refractivity contribution in [2.45, 2.75) is 36.9 Å². The molecule has 1 saturated carbocycles. The van der Waals surface area contributed by atoms with E-state index in [1.165, 1.54) is 10.6 Å². The zero-order valence-electron chi connectivity index (χ0n) is 19.2. The summed E-state index contributed by atoms with van der Waals surface area (Å²) >= 11 is 0.935. The molecule has 0 atom stereocenters. The lowest BCUT2D eigenvalue weighted by atomic mass is 10.1. The SMILES string of the molecule is Cc1cncc(C)c1Oc1cc(S(N)(=O)=O)sc1-c1cn(C)c(=O)c2[nH]c(C(=O)NC3CC3)cc12. The molecule has 4 aromatic rings. The van der Waals surface area contributed by atoms with Crippen LogP contribution in [-0.2, 0) is 17.1 Å². The van der Waals surface area contributed by atoms with Crippen LogP contribution in [0.1, 0.15) is 34.5 Å². The molecule has 4 N–H and O–H groups in total. The molecule has 5 rings (SSSR count). The van der Waals surface area contributed by atoms with E-state index in [2.05, 4.69) is 15.3 Å². The third kappa shape index (κ3) is 4.35. The number of thiophene rings is 1. The van der Waals surface area contributed by atoms with Crippen molar-refractivity contribution < 1.29 is 17.9 Å². The molecule has 4 heterocycles. The predicted octanol–water partition coefficient (Wildman–Crippen LogP) is 2.94. The largest absolute Gasteiger partial charge is 0.455 e. The Morgan fingerprint density at radius 3 is 2.57 bits per heavy atom. The van der Waals surface area contributed by atoms with Crippen molar-refractivity contribution in [1.82, 2.24) is 19.9 Å². The minimum atomic E-state index is -4.03. The van der Waals surface area contributed by atoms with Crippen LogP contribution in [0.2, 0.25) is 0 Å². The highest BCUT2D eigenvalue weighted by molar-refractivity contribution is 7.91. The molecule has 0 unspecified atom stereocenters. The summed E-state index contributed by atoms with van der Waals surface area (Å²) in [4.78, 5) is 33.1. The number of hydrogen-bond donors (Lipinski definition) is 3. The minimum absolute atomic E-state index is 0.0869. The summed E-state index contributed by atoms with van der Waals surface area (Å²) in [6, 6.07) is 3.13. The first-order valence-corrected chi connectivity index (χ1v) is 13.2. The highest BCUT2D eigenvalue weighted by Crippen LogP contribution is 2.45. The Bertz CT molecular complexity index is 1640. The van der Waals surface area contributed by atoms with Crippen molar-refractivity contribution in [3.63, 3.8) is 0 Å². The van der Waals surface area contributed by atoms with Crippen molar-refractivity contribution in [3.05, 3.63) is 57.9 Å². The number of H-pyrrole nitrogens is 1. The van der Waals surface area contributed by atoms with E-state index in [1.807, 2.05) is 13.8 Å². The van der Waals surface area contributed by atoms with Gasteiger partial charge in [0.25, 0.3) is 11.5 Å². The molecule has 0 aliphatic heterocycles. The van der Waals surface area contributed by atoms with E-state index in [4.69, 9.17) is 9.88 Å². The van der Waals surface area contributed by atoms with E-state index in [-0.39, 0.29) is 38.7 Å². The monoisotopic (exact) mass is 513 g/mol. The van der Waals surface area contributed by atoms with Gasteiger partial charge in [0.2, 0.25) is 10.0 Å². The van der Waals surface area contributed by atoms with E-state index in [0.717, 1.165) is 35.3 Å². The average Bonchev–Trinajstić information content (AvgIpc) is 3.31. The van der Waals surface area contributed by atoms with Gasteiger partial charge >= 0.3 is 0 Å². The topological polar surface area (TPSA) is 149 Å². The summed E-state index contributed by atoms with van der Waals surface area (Å²) in [7, 11) is -2.44. The van der Waals surface area contributed by atoms with Crippen LogP contribution in [0.25, 0.3) is 21.3 Å². The van der Waals surface area contributed by atoms with Gasteiger partial charge in [-0.15, -0.1) is 11.3 Å².